The standard InChI is InChI=1S/C23H23ClN2O4S/c1-17-14-21(12-13-22(17)30-2)31(28,29)26(15-18-6-4-3-5-7-18)16-23(27)25-20-10-8-19(24)9-11-20/h3-14H,15-16H2,1-2H3,(H,25,27). The van der Waals surface area contributed by atoms with Crippen LogP contribution >= 0.6 is 11.6 Å². The van der Waals surface area contributed by atoms with Crippen LogP contribution in [0.4, 0.5) is 5.69 Å². The number of halogens is 1. The maximum Gasteiger partial charge on any atom is 0.243 e. The Morgan fingerprint density at radius 1 is 1.03 bits per heavy atom. The second-order valence-electron chi connectivity index (χ2n) is 6.95. The number of anilines is 1. The number of carbonyl (C=O) groups excluding carboxylic acids is 1. The Hall–Kier alpha value is -2.87. The molecular weight excluding hydrogens is 436 g/mol. The number of methoxy groups -OCH3 is 1. The summed E-state index contributed by atoms with van der Waals surface area (Å²) in [5.41, 5.74) is 2.00. The summed E-state index contributed by atoms with van der Waals surface area (Å²) in [4.78, 5) is 12.8. The number of carbonyl (C=O) groups is 1. The van der Waals surface area contributed by atoms with Crippen LogP contribution in [0.25, 0.3) is 0 Å². The van der Waals surface area contributed by atoms with Gasteiger partial charge in [-0.05, 0) is 60.5 Å². The van der Waals surface area contributed by atoms with E-state index in [1.807, 2.05) is 30.3 Å². The van der Waals surface area contributed by atoms with E-state index in [0.717, 1.165) is 9.87 Å². The fourth-order valence-electron chi connectivity index (χ4n) is 3.07. The molecule has 0 saturated carbocycles. The van der Waals surface area contributed by atoms with Crippen molar-refractivity contribution in [3.8, 4) is 5.75 Å². The average molecular weight is 459 g/mol. The van der Waals surface area contributed by atoms with Gasteiger partial charge >= 0.3 is 0 Å². The number of aryl methyl sites for hydroxylation is 1. The molecule has 0 saturated heterocycles. The number of nitrogens with zero attached hydrogens (tertiary/aromatic N) is 1. The average Bonchev–Trinajstić information content (AvgIpc) is 2.75. The summed E-state index contributed by atoms with van der Waals surface area (Å²) in [7, 11) is -2.42. The maximum absolute atomic E-state index is 13.4. The van der Waals surface area contributed by atoms with Gasteiger partial charge in [0.15, 0.2) is 0 Å². The van der Waals surface area contributed by atoms with Gasteiger partial charge in [0.05, 0.1) is 18.6 Å². The summed E-state index contributed by atoms with van der Waals surface area (Å²) in [6.45, 7) is 1.49. The minimum atomic E-state index is -3.94. The fourth-order valence-corrected chi connectivity index (χ4v) is 4.66. The van der Waals surface area contributed by atoms with Gasteiger partial charge in [-0.3, -0.25) is 4.79 Å². The molecule has 8 heteroatoms. The van der Waals surface area contributed by atoms with Gasteiger partial charge in [-0.1, -0.05) is 41.9 Å². The second kappa shape index (κ2) is 9.96. The molecular formula is C23H23ClN2O4S. The zero-order chi connectivity index (χ0) is 22.4. The minimum Gasteiger partial charge on any atom is -0.496 e. The van der Waals surface area contributed by atoms with Crippen LogP contribution in [-0.4, -0.2) is 32.3 Å². The smallest absolute Gasteiger partial charge is 0.243 e. The summed E-state index contributed by atoms with van der Waals surface area (Å²) < 4.78 is 33.2. The molecule has 0 aliphatic carbocycles. The summed E-state index contributed by atoms with van der Waals surface area (Å²) in [6.07, 6.45) is 0. The first-order valence-electron chi connectivity index (χ1n) is 9.54. The normalized spacial score (nSPS) is 11.4. The van der Waals surface area contributed by atoms with E-state index >= 15 is 0 Å². The molecule has 0 fully saturated rings. The van der Waals surface area contributed by atoms with E-state index in [-0.39, 0.29) is 18.0 Å². The highest BCUT2D eigenvalue weighted by molar-refractivity contribution is 7.89. The Morgan fingerprint density at radius 2 is 1.71 bits per heavy atom. The van der Waals surface area contributed by atoms with Crippen molar-refractivity contribution in [3.05, 3.63) is 88.9 Å². The Bertz CT molecular complexity index is 1150. The molecule has 0 aliphatic rings. The number of nitrogens with one attached hydrogen (secondary N) is 1. The molecule has 6 nitrogen and oxygen atoms in total. The monoisotopic (exact) mass is 458 g/mol. The zero-order valence-electron chi connectivity index (χ0n) is 17.2. The van der Waals surface area contributed by atoms with Crippen LogP contribution in [0, 0.1) is 6.92 Å². The number of hydrogen-bond donors (Lipinski definition) is 1. The maximum atomic E-state index is 13.4. The van der Waals surface area contributed by atoms with Crippen molar-refractivity contribution in [1.29, 1.82) is 0 Å². The third-order valence-electron chi connectivity index (χ3n) is 4.65. The molecule has 0 atom stereocenters. The molecule has 1 N–H and O–H groups in total. The van der Waals surface area contributed by atoms with Gasteiger partial charge in [0.1, 0.15) is 5.75 Å². The number of benzene rings is 3. The van der Waals surface area contributed by atoms with Crippen LogP contribution in [0.3, 0.4) is 0 Å². The molecule has 0 aromatic heterocycles. The van der Waals surface area contributed by atoms with E-state index in [1.54, 1.807) is 43.3 Å². The van der Waals surface area contributed by atoms with E-state index < -0.39 is 15.9 Å². The first-order chi connectivity index (χ1) is 14.8. The topological polar surface area (TPSA) is 75.7 Å². The number of hydrogen-bond acceptors (Lipinski definition) is 4. The van der Waals surface area contributed by atoms with Crippen LogP contribution < -0.4 is 10.1 Å². The molecule has 31 heavy (non-hydrogen) atoms. The predicted molar refractivity (Wildman–Crippen MR) is 122 cm³/mol. The van der Waals surface area contributed by atoms with Gasteiger partial charge in [0, 0.05) is 17.3 Å². The van der Waals surface area contributed by atoms with Gasteiger partial charge in [-0.2, -0.15) is 4.31 Å². The van der Waals surface area contributed by atoms with Crippen LogP contribution in [0.15, 0.2) is 77.7 Å². The Balaban J connectivity index is 1.88. The summed E-state index contributed by atoms with van der Waals surface area (Å²) >= 11 is 5.88. The minimum absolute atomic E-state index is 0.0578. The number of amides is 1. The summed E-state index contributed by atoms with van der Waals surface area (Å²) in [6, 6.07) is 20.4. The van der Waals surface area contributed by atoms with Crippen LogP contribution in [-0.2, 0) is 21.4 Å². The summed E-state index contributed by atoms with van der Waals surface area (Å²) in [5.74, 6) is 0.140. The van der Waals surface area contributed by atoms with Gasteiger partial charge in [-0.25, -0.2) is 8.42 Å². The molecule has 0 bridgehead atoms. The lowest BCUT2D eigenvalue weighted by Crippen LogP contribution is -2.37. The predicted octanol–water partition coefficient (Wildman–Crippen LogP) is 4.49. The van der Waals surface area contributed by atoms with Crippen LogP contribution in [0.5, 0.6) is 5.75 Å². The lowest BCUT2D eigenvalue weighted by Gasteiger charge is -2.22. The molecule has 1 amide bonds. The lowest BCUT2D eigenvalue weighted by molar-refractivity contribution is -0.116. The highest BCUT2D eigenvalue weighted by Gasteiger charge is 2.27. The Kier molecular flexibility index (Phi) is 7.33. The van der Waals surface area contributed by atoms with Crippen molar-refractivity contribution < 1.29 is 17.9 Å². The third kappa shape index (κ3) is 5.85. The number of sulfonamides is 1. The molecule has 0 heterocycles. The second-order valence-corrected chi connectivity index (χ2v) is 9.32. The molecule has 3 rings (SSSR count). The fraction of sp³-hybridized carbons (Fsp3) is 0.174. The highest BCUT2D eigenvalue weighted by atomic mass is 35.5. The van der Waals surface area contributed by atoms with Crippen molar-refractivity contribution in [2.75, 3.05) is 19.0 Å². The highest BCUT2D eigenvalue weighted by Crippen LogP contribution is 2.25. The van der Waals surface area contributed by atoms with E-state index in [9.17, 15) is 13.2 Å². The Morgan fingerprint density at radius 3 is 2.32 bits per heavy atom. The molecule has 0 spiro atoms. The first-order valence-corrected chi connectivity index (χ1v) is 11.4. The van der Waals surface area contributed by atoms with Crippen LogP contribution in [0.2, 0.25) is 5.02 Å². The molecule has 162 valence electrons. The van der Waals surface area contributed by atoms with Crippen LogP contribution in [0.1, 0.15) is 11.1 Å². The van der Waals surface area contributed by atoms with E-state index in [0.29, 0.717) is 22.0 Å². The van der Waals surface area contributed by atoms with E-state index in [1.165, 1.54) is 13.2 Å². The lowest BCUT2D eigenvalue weighted by atomic mass is 10.2. The number of rotatable bonds is 8. The van der Waals surface area contributed by atoms with E-state index in [4.69, 9.17) is 16.3 Å². The van der Waals surface area contributed by atoms with Crippen molar-refractivity contribution in [3.63, 3.8) is 0 Å². The Labute approximate surface area is 187 Å². The zero-order valence-corrected chi connectivity index (χ0v) is 18.8. The van der Waals surface area contributed by atoms with E-state index in [2.05, 4.69) is 5.32 Å². The largest absolute Gasteiger partial charge is 0.496 e. The number of ether oxygens (including phenoxy) is 1. The van der Waals surface area contributed by atoms with Crippen molar-refractivity contribution in [2.24, 2.45) is 0 Å². The molecule has 0 radical (unpaired) electrons. The molecule has 0 aliphatic heterocycles. The van der Waals surface area contributed by atoms with Crippen molar-refractivity contribution in [1.82, 2.24) is 4.31 Å². The SMILES string of the molecule is COc1ccc(S(=O)(=O)N(CC(=O)Nc2ccc(Cl)cc2)Cc2ccccc2)cc1C. The van der Waals surface area contributed by atoms with Gasteiger partial charge in [0.25, 0.3) is 0 Å². The van der Waals surface area contributed by atoms with Gasteiger partial charge in [0.2, 0.25) is 15.9 Å². The molecule has 0 unspecified atom stereocenters. The van der Waals surface area contributed by atoms with Gasteiger partial charge < -0.3 is 10.1 Å². The molecule has 3 aromatic rings. The third-order valence-corrected chi connectivity index (χ3v) is 6.69. The summed E-state index contributed by atoms with van der Waals surface area (Å²) in [5, 5.41) is 3.26. The van der Waals surface area contributed by atoms with Crippen molar-refractivity contribution in [2.45, 2.75) is 18.4 Å². The molecule has 3 aromatic carbocycles. The van der Waals surface area contributed by atoms with Crippen molar-refractivity contribution >= 4 is 33.2 Å². The van der Waals surface area contributed by atoms with Gasteiger partial charge in [-0.15, -0.1) is 0 Å². The quantitative estimate of drug-likeness (QED) is 0.539. The first kappa shape index (κ1) is 22.8.